The number of imidazole rings is 1. The highest BCUT2D eigenvalue weighted by atomic mass is 16.2. The predicted octanol–water partition coefficient (Wildman–Crippen LogP) is 0.452. The summed E-state index contributed by atoms with van der Waals surface area (Å²) in [7, 11) is 0. The van der Waals surface area contributed by atoms with Crippen molar-refractivity contribution in [2.24, 2.45) is 5.92 Å². The van der Waals surface area contributed by atoms with Crippen molar-refractivity contribution < 1.29 is 4.79 Å². The molecule has 84 valence electrons. The number of amides is 1. The summed E-state index contributed by atoms with van der Waals surface area (Å²) in [5.74, 6) is 0.300. The summed E-state index contributed by atoms with van der Waals surface area (Å²) in [6.45, 7) is 3.62. The number of H-pyrrole nitrogens is 1. The van der Waals surface area contributed by atoms with Crippen molar-refractivity contribution in [3.63, 3.8) is 0 Å². The van der Waals surface area contributed by atoms with Gasteiger partial charge in [0.25, 0.3) is 0 Å². The second-order valence-corrected chi connectivity index (χ2v) is 3.59. The first-order valence-electron chi connectivity index (χ1n) is 4.88. The molecule has 1 amide bonds. The molecule has 7 nitrogen and oxygen atoms in total. The van der Waals surface area contributed by atoms with Gasteiger partial charge >= 0.3 is 0 Å². The van der Waals surface area contributed by atoms with Crippen LogP contribution in [0.5, 0.6) is 0 Å². The Morgan fingerprint density at radius 3 is 2.94 bits per heavy atom. The van der Waals surface area contributed by atoms with Crippen LogP contribution in [-0.4, -0.2) is 25.8 Å². The molecule has 2 aromatic heterocycles. The minimum absolute atomic E-state index is 0.0911. The highest BCUT2D eigenvalue weighted by Gasteiger charge is 2.08. The lowest BCUT2D eigenvalue weighted by molar-refractivity contribution is -0.123. The molecule has 2 heterocycles. The van der Waals surface area contributed by atoms with Gasteiger partial charge in [0, 0.05) is 5.92 Å². The average Bonchev–Trinajstić information content (AvgIpc) is 2.73. The quantitative estimate of drug-likeness (QED) is 0.653. The molecule has 0 aromatic carbocycles. The van der Waals surface area contributed by atoms with E-state index in [0.717, 1.165) is 0 Å². The van der Waals surface area contributed by atoms with Crippen molar-refractivity contribution in [1.82, 2.24) is 25.4 Å². The van der Waals surface area contributed by atoms with E-state index >= 15 is 0 Å². The average molecular weight is 220 g/mol. The molecule has 7 heteroatoms. The van der Waals surface area contributed by atoms with Crippen molar-refractivity contribution in [3.8, 4) is 0 Å². The second kappa shape index (κ2) is 4.13. The van der Waals surface area contributed by atoms with Crippen LogP contribution < -0.4 is 10.9 Å². The molecule has 2 aromatic rings. The van der Waals surface area contributed by atoms with Gasteiger partial charge < -0.3 is 4.98 Å². The van der Waals surface area contributed by atoms with E-state index in [0.29, 0.717) is 17.0 Å². The first kappa shape index (κ1) is 10.3. The van der Waals surface area contributed by atoms with E-state index in [1.165, 1.54) is 12.7 Å². The van der Waals surface area contributed by atoms with E-state index in [-0.39, 0.29) is 11.8 Å². The molecular formula is C9H12N6O. The summed E-state index contributed by atoms with van der Waals surface area (Å²) in [5, 5.41) is 0. The molecule has 0 saturated heterocycles. The van der Waals surface area contributed by atoms with Crippen LogP contribution in [0.4, 0.5) is 5.82 Å². The molecule has 0 unspecified atom stereocenters. The van der Waals surface area contributed by atoms with E-state index in [9.17, 15) is 4.79 Å². The molecule has 16 heavy (non-hydrogen) atoms. The van der Waals surface area contributed by atoms with Crippen LogP contribution >= 0.6 is 0 Å². The van der Waals surface area contributed by atoms with Gasteiger partial charge in [-0.2, -0.15) is 0 Å². The topological polar surface area (TPSA) is 95.6 Å². The van der Waals surface area contributed by atoms with Crippen LogP contribution in [0.3, 0.4) is 0 Å². The van der Waals surface area contributed by atoms with E-state index in [1.807, 2.05) is 13.8 Å². The zero-order valence-electron chi connectivity index (χ0n) is 8.98. The fourth-order valence-electron chi connectivity index (χ4n) is 1.12. The standard InChI is InChI=1S/C9H12N6O/c1-5(2)9(16)15-14-8-6-7(11-3-10-6)12-4-13-8/h3-5H,1-2H3,(H,15,16)(H2,10,11,12,13,14). The minimum atomic E-state index is -0.105. The molecule has 2 rings (SSSR count). The third kappa shape index (κ3) is 1.92. The van der Waals surface area contributed by atoms with Gasteiger partial charge in [-0.3, -0.25) is 15.6 Å². The Bertz CT molecular complexity index is 505. The van der Waals surface area contributed by atoms with Crippen LogP contribution in [0.15, 0.2) is 12.7 Å². The minimum Gasteiger partial charge on any atom is -0.340 e. The van der Waals surface area contributed by atoms with E-state index in [1.54, 1.807) is 0 Å². The molecule has 3 N–H and O–H groups in total. The van der Waals surface area contributed by atoms with Gasteiger partial charge in [-0.15, -0.1) is 0 Å². The lowest BCUT2D eigenvalue weighted by atomic mass is 10.2. The van der Waals surface area contributed by atoms with Gasteiger partial charge in [-0.05, 0) is 0 Å². The molecule has 0 bridgehead atoms. The number of aromatic amines is 1. The van der Waals surface area contributed by atoms with Gasteiger partial charge in [0.05, 0.1) is 6.33 Å². The number of carbonyl (C=O) groups excluding carboxylic acids is 1. The number of hydrogen-bond acceptors (Lipinski definition) is 5. The summed E-state index contributed by atoms with van der Waals surface area (Å²) in [6.07, 6.45) is 2.90. The number of hydrazine groups is 1. The van der Waals surface area contributed by atoms with Crippen LogP contribution in [0.25, 0.3) is 11.2 Å². The fourth-order valence-corrected chi connectivity index (χ4v) is 1.12. The molecule has 0 radical (unpaired) electrons. The maximum absolute atomic E-state index is 11.3. The maximum Gasteiger partial charge on any atom is 0.240 e. The Morgan fingerprint density at radius 2 is 2.19 bits per heavy atom. The number of carbonyl (C=O) groups is 1. The molecule has 0 atom stereocenters. The Hall–Kier alpha value is -2.18. The monoisotopic (exact) mass is 220 g/mol. The zero-order chi connectivity index (χ0) is 11.5. The first-order valence-corrected chi connectivity index (χ1v) is 4.88. The Labute approximate surface area is 91.7 Å². The molecular weight excluding hydrogens is 208 g/mol. The van der Waals surface area contributed by atoms with Gasteiger partial charge in [0.2, 0.25) is 5.91 Å². The third-order valence-corrected chi connectivity index (χ3v) is 2.05. The van der Waals surface area contributed by atoms with Crippen molar-refractivity contribution in [1.29, 1.82) is 0 Å². The van der Waals surface area contributed by atoms with Crippen molar-refractivity contribution >= 4 is 22.9 Å². The van der Waals surface area contributed by atoms with E-state index < -0.39 is 0 Å². The number of anilines is 1. The number of hydrogen-bond donors (Lipinski definition) is 3. The van der Waals surface area contributed by atoms with Crippen LogP contribution in [0.1, 0.15) is 13.8 Å². The van der Waals surface area contributed by atoms with Crippen LogP contribution in [0.2, 0.25) is 0 Å². The van der Waals surface area contributed by atoms with Crippen molar-refractivity contribution in [2.45, 2.75) is 13.8 Å². The second-order valence-electron chi connectivity index (χ2n) is 3.59. The zero-order valence-corrected chi connectivity index (χ0v) is 8.98. The first-order chi connectivity index (χ1) is 7.68. The third-order valence-electron chi connectivity index (χ3n) is 2.05. The smallest absolute Gasteiger partial charge is 0.240 e. The Kier molecular flexibility index (Phi) is 2.67. The number of rotatable bonds is 3. The molecule has 0 saturated carbocycles. The molecule has 0 aliphatic heterocycles. The fraction of sp³-hybridized carbons (Fsp3) is 0.333. The number of fused-ring (bicyclic) bond motifs is 1. The molecule has 0 aliphatic carbocycles. The normalized spacial score (nSPS) is 10.7. The SMILES string of the molecule is CC(C)C(=O)NNc1ncnc2nc[nH]c12. The van der Waals surface area contributed by atoms with Crippen molar-refractivity contribution in [3.05, 3.63) is 12.7 Å². The molecule has 0 spiro atoms. The number of nitrogens with one attached hydrogen (secondary N) is 3. The van der Waals surface area contributed by atoms with Gasteiger partial charge in [0.15, 0.2) is 11.5 Å². The van der Waals surface area contributed by atoms with E-state index in [4.69, 9.17) is 0 Å². The van der Waals surface area contributed by atoms with E-state index in [2.05, 4.69) is 30.8 Å². The largest absolute Gasteiger partial charge is 0.340 e. The Balaban J connectivity index is 2.15. The van der Waals surface area contributed by atoms with Crippen molar-refractivity contribution in [2.75, 3.05) is 5.43 Å². The summed E-state index contributed by atoms with van der Waals surface area (Å²) in [4.78, 5) is 26.2. The summed E-state index contributed by atoms with van der Waals surface area (Å²) in [6, 6.07) is 0. The number of aromatic nitrogens is 4. The lowest BCUT2D eigenvalue weighted by Crippen LogP contribution is -2.33. The van der Waals surface area contributed by atoms with Gasteiger partial charge in [-0.25, -0.2) is 15.0 Å². The van der Waals surface area contributed by atoms with Gasteiger partial charge in [-0.1, -0.05) is 13.8 Å². The summed E-state index contributed by atoms with van der Waals surface area (Å²) in [5.41, 5.74) is 6.50. The maximum atomic E-state index is 11.3. The predicted molar refractivity (Wildman–Crippen MR) is 58.3 cm³/mol. The molecule has 0 fully saturated rings. The summed E-state index contributed by atoms with van der Waals surface area (Å²) >= 11 is 0. The highest BCUT2D eigenvalue weighted by Crippen LogP contribution is 2.12. The Morgan fingerprint density at radius 1 is 1.38 bits per heavy atom. The lowest BCUT2D eigenvalue weighted by Gasteiger charge is -2.09. The summed E-state index contributed by atoms with van der Waals surface area (Å²) < 4.78 is 0. The van der Waals surface area contributed by atoms with Crippen LogP contribution in [0, 0.1) is 5.92 Å². The highest BCUT2D eigenvalue weighted by molar-refractivity contribution is 5.84. The van der Waals surface area contributed by atoms with Gasteiger partial charge in [0.1, 0.15) is 11.8 Å². The van der Waals surface area contributed by atoms with Crippen LogP contribution in [-0.2, 0) is 4.79 Å². The molecule has 0 aliphatic rings. The number of nitrogens with zero attached hydrogens (tertiary/aromatic N) is 3.